The summed E-state index contributed by atoms with van der Waals surface area (Å²) >= 11 is 0. The van der Waals surface area contributed by atoms with Crippen LogP contribution >= 0.6 is 0 Å². The summed E-state index contributed by atoms with van der Waals surface area (Å²) in [4.78, 5) is 37.0. The minimum atomic E-state index is -1.15. The van der Waals surface area contributed by atoms with E-state index in [-0.39, 0.29) is 18.7 Å². The van der Waals surface area contributed by atoms with Crippen LogP contribution in [-0.4, -0.2) is 13.7 Å². The Morgan fingerprint density at radius 1 is 0.875 bits per heavy atom. The maximum Gasteiger partial charge on any atom is 0.336 e. The van der Waals surface area contributed by atoms with Gasteiger partial charge in [0.05, 0.1) is 19.6 Å². The number of hydrogen-bond donors (Lipinski definition) is 0. The van der Waals surface area contributed by atoms with Gasteiger partial charge in [-0.3, -0.25) is 0 Å². The summed E-state index contributed by atoms with van der Waals surface area (Å²) in [7, 11) is 0. The summed E-state index contributed by atoms with van der Waals surface area (Å²) in [5, 5.41) is 0. The summed E-state index contributed by atoms with van der Waals surface area (Å²) in [6.45, 7) is 6.15. The first kappa shape index (κ1) is 17.3. The first-order chi connectivity index (χ1) is 11.4. The third kappa shape index (κ3) is 3.03. The fourth-order valence-electron chi connectivity index (χ4n) is 2.23. The third-order valence-electron chi connectivity index (χ3n) is 3.37. The Morgan fingerprint density at radius 3 is 1.88 bits per heavy atom. The topological polar surface area (TPSA) is 66.0 Å². The van der Waals surface area contributed by atoms with Gasteiger partial charge in [-0.2, -0.15) is 0 Å². The van der Waals surface area contributed by atoms with E-state index in [0.717, 1.165) is 15.2 Å². The Morgan fingerprint density at radius 2 is 1.38 bits per heavy atom. The molecule has 0 saturated heterocycles. The SMILES string of the molecule is C=CCn1c(=O)n(CC=C)c(=O)n(Cc2cccc(F)c2F)c1=O. The summed E-state index contributed by atoms with van der Waals surface area (Å²) in [5.74, 6) is -2.24. The quantitative estimate of drug-likeness (QED) is 0.736. The molecule has 0 fully saturated rings. The van der Waals surface area contributed by atoms with Crippen LogP contribution in [0.25, 0.3) is 0 Å². The molecular weight excluding hydrogens is 320 g/mol. The molecule has 0 unspecified atom stereocenters. The van der Waals surface area contributed by atoms with Crippen molar-refractivity contribution < 1.29 is 8.78 Å². The number of nitrogens with zero attached hydrogens (tertiary/aromatic N) is 3. The number of halogens is 2. The molecule has 1 aromatic heterocycles. The van der Waals surface area contributed by atoms with Gasteiger partial charge in [-0.1, -0.05) is 24.3 Å². The lowest BCUT2D eigenvalue weighted by atomic mass is 10.2. The molecule has 0 aliphatic heterocycles. The summed E-state index contributed by atoms with van der Waals surface area (Å²) in [6.07, 6.45) is 2.64. The second-order valence-electron chi connectivity index (χ2n) is 4.95. The third-order valence-corrected chi connectivity index (χ3v) is 3.37. The number of hydrogen-bond acceptors (Lipinski definition) is 3. The van der Waals surface area contributed by atoms with Crippen molar-refractivity contribution in [2.75, 3.05) is 0 Å². The van der Waals surface area contributed by atoms with Gasteiger partial charge in [-0.15, -0.1) is 13.2 Å². The van der Waals surface area contributed by atoms with Crippen LogP contribution in [0.3, 0.4) is 0 Å². The first-order valence-electron chi connectivity index (χ1n) is 7.01. The minimum absolute atomic E-state index is 0.124. The maximum absolute atomic E-state index is 13.8. The largest absolute Gasteiger partial charge is 0.336 e. The van der Waals surface area contributed by atoms with E-state index >= 15 is 0 Å². The molecule has 0 aliphatic rings. The van der Waals surface area contributed by atoms with Crippen LogP contribution in [0, 0.1) is 11.6 Å². The normalized spacial score (nSPS) is 10.6. The standard InChI is InChI=1S/C16H15F2N3O3/c1-3-8-19-14(22)20(9-4-2)16(24)21(15(19)23)10-11-6-5-7-12(17)13(11)18/h3-7H,1-2,8-10H2. The van der Waals surface area contributed by atoms with Crippen molar-refractivity contribution in [3.05, 3.63) is 92.2 Å². The molecule has 1 heterocycles. The Hall–Kier alpha value is -3.03. The Bertz CT molecular complexity index is 922. The van der Waals surface area contributed by atoms with Gasteiger partial charge in [-0.25, -0.2) is 36.9 Å². The number of aromatic nitrogens is 3. The monoisotopic (exact) mass is 335 g/mol. The van der Waals surface area contributed by atoms with Gasteiger partial charge < -0.3 is 0 Å². The van der Waals surface area contributed by atoms with E-state index in [1.165, 1.54) is 24.3 Å². The van der Waals surface area contributed by atoms with E-state index in [0.29, 0.717) is 4.57 Å². The van der Waals surface area contributed by atoms with Gasteiger partial charge >= 0.3 is 17.1 Å². The van der Waals surface area contributed by atoms with E-state index in [9.17, 15) is 23.2 Å². The zero-order valence-electron chi connectivity index (χ0n) is 12.7. The summed E-state index contributed by atoms with van der Waals surface area (Å²) < 4.78 is 29.4. The van der Waals surface area contributed by atoms with Crippen LogP contribution in [-0.2, 0) is 19.6 Å². The molecule has 8 heteroatoms. The summed E-state index contributed by atoms with van der Waals surface area (Å²) in [6, 6.07) is 3.45. The van der Waals surface area contributed by atoms with E-state index in [1.807, 2.05) is 0 Å². The zero-order chi connectivity index (χ0) is 17.9. The molecule has 126 valence electrons. The molecule has 0 amide bonds. The predicted molar refractivity (Wildman–Crippen MR) is 85.1 cm³/mol. The highest BCUT2D eigenvalue weighted by Crippen LogP contribution is 2.11. The first-order valence-corrected chi connectivity index (χ1v) is 7.01. The minimum Gasteiger partial charge on any atom is -0.247 e. The second-order valence-corrected chi connectivity index (χ2v) is 4.95. The van der Waals surface area contributed by atoms with Crippen LogP contribution in [0.5, 0.6) is 0 Å². The van der Waals surface area contributed by atoms with Crippen LogP contribution in [0.2, 0.25) is 0 Å². The molecule has 0 saturated carbocycles. The van der Waals surface area contributed by atoms with E-state index in [4.69, 9.17) is 0 Å². The fourth-order valence-corrected chi connectivity index (χ4v) is 2.23. The lowest BCUT2D eigenvalue weighted by molar-refractivity contribution is 0.471. The van der Waals surface area contributed by atoms with Crippen molar-refractivity contribution >= 4 is 0 Å². The van der Waals surface area contributed by atoms with Crippen molar-refractivity contribution in [1.82, 2.24) is 13.7 Å². The molecule has 2 aromatic rings. The smallest absolute Gasteiger partial charge is 0.247 e. The molecule has 0 atom stereocenters. The Kier molecular flexibility index (Phi) is 5.08. The fraction of sp³-hybridized carbons (Fsp3) is 0.188. The molecule has 0 aliphatic carbocycles. The van der Waals surface area contributed by atoms with Crippen molar-refractivity contribution in [3.63, 3.8) is 0 Å². The molecule has 0 bridgehead atoms. The zero-order valence-corrected chi connectivity index (χ0v) is 12.7. The number of rotatable bonds is 6. The Labute approximate surface area is 135 Å². The van der Waals surface area contributed by atoms with Gasteiger partial charge in [0, 0.05) is 5.56 Å². The molecule has 24 heavy (non-hydrogen) atoms. The van der Waals surface area contributed by atoms with Gasteiger partial charge in [0.1, 0.15) is 0 Å². The van der Waals surface area contributed by atoms with Gasteiger partial charge in [0.2, 0.25) is 0 Å². The maximum atomic E-state index is 13.8. The highest BCUT2D eigenvalue weighted by molar-refractivity contribution is 5.19. The number of allylic oxidation sites excluding steroid dienone is 2. The lowest BCUT2D eigenvalue weighted by Gasteiger charge is -2.12. The highest BCUT2D eigenvalue weighted by Gasteiger charge is 2.16. The molecule has 0 N–H and O–H groups in total. The van der Waals surface area contributed by atoms with Gasteiger partial charge in [-0.05, 0) is 6.07 Å². The predicted octanol–water partition coefficient (Wildman–Crippen LogP) is 0.870. The van der Waals surface area contributed by atoms with Crippen molar-refractivity contribution in [3.8, 4) is 0 Å². The highest BCUT2D eigenvalue weighted by atomic mass is 19.2. The van der Waals surface area contributed by atoms with Crippen LogP contribution in [0.1, 0.15) is 5.56 Å². The van der Waals surface area contributed by atoms with Crippen molar-refractivity contribution in [2.24, 2.45) is 0 Å². The average molecular weight is 335 g/mol. The van der Waals surface area contributed by atoms with Crippen molar-refractivity contribution in [1.29, 1.82) is 0 Å². The van der Waals surface area contributed by atoms with Crippen LogP contribution < -0.4 is 17.1 Å². The molecule has 1 aromatic carbocycles. The average Bonchev–Trinajstić information content (AvgIpc) is 2.56. The van der Waals surface area contributed by atoms with Gasteiger partial charge in [0.15, 0.2) is 11.6 Å². The lowest BCUT2D eigenvalue weighted by Crippen LogP contribution is -2.54. The Balaban J connectivity index is 2.73. The van der Waals surface area contributed by atoms with E-state index in [2.05, 4.69) is 13.2 Å². The van der Waals surface area contributed by atoms with Gasteiger partial charge in [0.25, 0.3) is 0 Å². The molecular formula is C16H15F2N3O3. The summed E-state index contributed by atoms with van der Waals surface area (Å²) in [5.41, 5.74) is -2.84. The van der Waals surface area contributed by atoms with Crippen molar-refractivity contribution in [2.45, 2.75) is 19.6 Å². The van der Waals surface area contributed by atoms with Crippen LogP contribution in [0.4, 0.5) is 8.78 Å². The second kappa shape index (κ2) is 7.03. The van der Waals surface area contributed by atoms with E-state index in [1.54, 1.807) is 0 Å². The number of benzene rings is 1. The molecule has 6 nitrogen and oxygen atoms in total. The molecule has 0 spiro atoms. The van der Waals surface area contributed by atoms with Crippen LogP contribution in [0.15, 0.2) is 57.9 Å². The van der Waals surface area contributed by atoms with E-state index < -0.39 is 35.2 Å². The molecule has 2 rings (SSSR count). The molecule has 0 radical (unpaired) electrons.